The number of hydrogen-bond acceptors (Lipinski definition) is 4. The van der Waals surface area contributed by atoms with Gasteiger partial charge in [-0.25, -0.2) is 0 Å². The summed E-state index contributed by atoms with van der Waals surface area (Å²) < 4.78 is 7.29. The number of ether oxygens (including phenoxy) is 1. The fourth-order valence-corrected chi connectivity index (χ4v) is 6.11. The van der Waals surface area contributed by atoms with Crippen LogP contribution < -0.4 is 15.5 Å². The smallest absolute Gasteiger partial charge is 0.250 e. The molecule has 0 radical (unpaired) electrons. The lowest BCUT2D eigenvalue weighted by atomic mass is 9.96. The van der Waals surface area contributed by atoms with Crippen LogP contribution >= 0.6 is 12.2 Å². The SMILES string of the molecule is COCC(=O)Nc1ccc(N2C(=S)N[C@H](c3ccccn3)[C@@H]2c2cc(C)n(-c3cc(C)cc(C)c3)c2C)cc1C. The third kappa shape index (κ3) is 5.24. The summed E-state index contributed by atoms with van der Waals surface area (Å²) in [6, 6.07) is 20.6. The van der Waals surface area contributed by atoms with Crippen molar-refractivity contribution >= 4 is 34.6 Å². The van der Waals surface area contributed by atoms with Crippen LogP contribution in [-0.4, -0.2) is 34.3 Å². The summed E-state index contributed by atoms with van der Waals surface area (Å²) >= 11 is 5.96. The van der Waals surface area contributed by atoms with Crippen LogP contribution in [0.2, 0.25) is 0 Å². The molecule has 5 rings (SSSR count). The van der Waals surface area contributed by atoms with Gasteiger partial charge in [0, 0.05) is 41.8 Å². The Bertz CT molecular complexity index is 1560. The van der Waals surface area contributed by atoms with E-state index in [1.54, 1.807) is 0 Å². The number of amides is 1. The first-order valence-corrected chi connectivity index (χ1v) is 13.8. The minimum absolute atomic E-state index is 0.00519. The number of anilines is 2. The Kier molecular flexibility index (Phi) is 7.74. The number of carbonyl (C=O) groups is 1. The molecule has 0 spiro atoms. The molecule has 206 valence electrons. The molecule has 2 aromatic carbocycles. The maximum atomic E-state index is 12.1. The van der Waals surface area contributed by atoms with Gasteiger partial charge in [0.1, 0.15) is 6.61 Å². The van der Waals surface area contributed by atoms with Crippen molar-refractivity contribution in [3.05, 3.63) is 106 Å². The number of benzene rings is 2. The average molecular weight is 554 g/mol. The maximum Gasteiger partial charge on any atom is 0.250 e. The van der Waals surface area contributed by atoms with Crippen molar-refractivity contribution in [2.75, 3.05) is 23.9 Å². The van der Waals surface area contributed by atoms with Crippen LogP contribution in [0.15, 0.2) is 66.9 Å². The van der Waals surface area contributed by atoms with Crippen LogP contribution in [0.3, 0.4) is 0 Å². The van der Waals surface area contributed by atoms with Gasteiger partial charge in [0.15, 0.2) is 5.11 Å². The molecule has 0 bridgehead atoms. The fourth-order valence-electron chi connectivity index (χ4n) is 5.77. The van der Waals surface area contributed by atoms with Crippen molar-refractivity contribution in [3.8, 4) is 5.69 Å². The molecular weight excluding hydrogens is 518 g/mol. The van der Waals surface area contributed by atoms with Crippen LogP contribution in [0, 0.1) is 34.6 Å². The molecule has 1 fully saturated rings. The minimum atomic E-state index is -0.191. The number of thiocarbonyl (C=S) groups is 1. The number of pyridine rings is 1. The molecule has 1 saturated heterocycles. The quantitative estimate of drug-likeness (QED) is 0.267. The van der Waals surface area contributed by atoms with Gasteiger partial charge in [0.2, 0.25) is 5.91 Å². The molecule has 2 aromatic heterocycles. The number of carbonyl (C=O) groups excluding carboxylic acids is 1. The first kappa shape index (κ1) is 27.6. The van der Waals surface area contributed by atoms with Gasteiger partial charge in [-0.15, -0.1) is 0 Å². The summed E-state index contributed by atoms with van der Waals surface area (Å²) in [5, 5.41) is 7.12. The van der Waals surface area contributed by atoms with E-state index in [1.807, 2.05) is 43.5 Å². The second-order valence-corrected chi connectivity index (χ2v) is 10.9. The molecule has 40 heavy (non-hydrogen) atoms. The number of nitrogens with one attached hydrogen (secondary N) is 2. The first-order valence-electron chi connectivity index (χ1n) is 13.4. The molecule has 8 heteroatoms. The summed E-state index contributed by atoms with van der Waals surface area (Å²) in [6.07, 6.45) is 1.82. The van der Waals surface area contributed by atoms with Crippen molar-refractivity contribution in [1.82, 2.24) is 14.9 Å². The summed E-state index contributed by atoms with van der Waals surface area (Å²) in [6.45, 7) is 10.6. The van der Waals surface area contributed by atoms with E-state index in [0.29, 0.717) is 5.11 Å². The normalized spacial score (nSPS) is 16.8. The maximum absolute atomic E-state index is 12.1. The summed E-state index contributed by atoms with van der Waals surface area (Å²) in [7, 11) is 1.51. The van der Waals surface area contributed by atoms with Gasteiger partial charge in [-0.1, -0.05) is 12.1 Å². The van der Waals surface area contributed by atoms with Crippen LogP contribution in [0.4, 0.5) is 11.4 Å². The molecular formula is C32H35N5O2S. The Labute approximate surface area is 241 Å². The van der Waals surface area contributed by atoms with Crippen LogP contribution in [0.1, 0.15) is 51.4 Å². The topological polar surface area (TPSA) is 71.4 Å². The number of rotatable bonds is 7. The molecule has 2 N–H and O–H groups in total. The number of aromatic nitrogens is 2. The van der Waals surface area contributed by atoms with E-state index >= 15 is 0 Å². The molecule has 0 saturated carbocycles. The largest absolute Gasteiger partial charge is 0.375 e. The highest BCUT2D eigenvalue weighted by Crippen LogP contribution is 2.44. The number of nitrogens with zero attached hydrogens (tertiary/aromatic N) is 3. The lowest BCUT2D eigenvalue weighted by molar-refractivity contribution is -0.119. The summed E-state index contributed by atoms with van der Waals surface area (Å²) in [5.41, 5.74) is 10.7. The molecule has 1 aliphatic heterocycles. The van der Waals surface area contributed by atoms with E-state index in [1.165, 1.54) is 23.8 Å². The van der Waals surface area contributed by atoms with Crippen molar-refractivity contribution in [1.29, 1.82) is 0 Å². The van der Waals surface area contributed by atoms with Gasteiger partial charge < -0.3 is 24.8 Å². The predicted octanol–water partition coefficient (Wildman–Crippen LogP) is 6.18. The van der Waals surface area contributed by atoms with Crippen LogP contribution in [0.25, 0.3) is 5.69 Å². The average Bonchev–Trinajstić information content (AvgIpc) is 3.40. The van der Waals surface area contributed by atoms with Gasteiger partial charge in [-0.2, -0.15) is 0 Å². The molecule has 1 amide bonds. The standard InChI is InChI=1S/C32H35N5O2S/c1-19-13-20(2)15-25(14-19)36-22(4)17-26(23(36)5)31-30(28-9-7-8-12-33-28)35-32(40)37(31)24-10-11-27(21(3)16-24)34-29(38)18-39-6/h7-17,30-31H,18H2,1-6H3,(H,34,38)(H,35,40)/t30-,31+/m1/s1. The molecule has 7 nitrogen and oxygen atoms in total. The Morgan fingerprint density at radius 2 is 1.75 bits per heavy atom. The number of methoxy groups -OCH3 is 1. The van der Waals surface area contributed by atoms with Crippen molar-refractivity contribution < 1.29 is 9.53 Å². The van der Waals surface area contributed by atoms with E-state index in [9.17, 15) is 4.79 Å². The monoisotopic (exact) mass is 553 g/mol. The zero-order valence-corrected chi connectivity index (χ0v) is 24.6. The van der Waals surface area contributed by atoms with Gasteiger partial charge >= 0.3 is 0 Å². The fraction of sp³-hybridized carbons (Fsp3) is 0.281. The second kappa shape index (κ2) is 11.2. The van der Waals surface area contributed by atoms with Crippen LogP contribution in [0.5, 0.6) is 0 Å². The second-order valence-electron chi connectivity index (χ2n) is 10.5. The zero-order chi connectivity index (χ0) is 28.6. The van der Waals surface area contributed by atoms with Gasteiger partial charge in [0.05, 0.1) is 17.8 Å². The highest BCUT2D eigenvalue weighted by molar-refractivity contribution is 7.80. The lowest BCUT2D eigenvalue weighted by Crippen LogP contribution is -2.29. The summed E-state index contributed by atoms with van der Waals surface area (Å²) in [4.78, 5) is 19.0. The lowest BCUT2D eigenvalue weighted by Gasteiger charge is -2.29. The molecule has 4 aromatic rings. The Hall–Kier alpha value is -4.01. The Morgan fingerprint density at radius 3 is 2.40 bits per heavy atom. The number of hydrogen-bond donors (Lipinski definition) is 2. The third-order valence-corrected chi connectivity index (χ3v) is 7.70. The predicted molar refractivity (Wildman–Crippen MR) is 164 cm³/mol. The van der Waals surface area contributed by atoms with Gasteiger partial charge in [-0.05, 0) is 118 Å². The van der Waals surface area contributed by atoms with Gasteiger partial charge in [-0.3, -0.25) is 9.78 Å². The Balaban J connectivity index is 1.62. The van der Waals surface area contributed by atoms with Crippen LogP contribution in [-0.2, 0) is 9.53 Å². The van der Waals surface area contributed by atoms with E-state index in [-0.39, 0.29) is 24.6 Å². The molecule has 2 atom stereocenters. The van der Waals surface area contributed by atoms with Crippen molar-refractivity contribution in [2.24, 2.45) is 0 Å². The van der Waals surface area contributed by atoms with E-state index in [2.05, 4.69) is 78.1 Å². The molecule has 3 heterocycles. The highest BCUT2D eigenvalue weighted by atomic mass is 32.1. The van der Waals surface area contributed by atoms with E-state index < -0.39 is 0 Å². The minimum Gasteiger partial charge on any atom is -0.375 e. The molecule has 1 aliphatic rings. The summed E-state index contributed by atoms with van der Waals surface area (Å²) in [5.74, 6) is -0.191. The highest BCUT2D eigenvalue weighted by Gasteiger charge is 2.42. The zero-order valence-electron chi connectivity index (χ0n) is 23.8. The van der Waals surface area contributed by atoms with Crippen molar-refractivity contribution in [3.63, 3.8) is 0 Å². The number of aryl methyl sites for hydroxylation is 4. The first-order chi connectivity index (χ1) is 19.2. The Morgan fingerprint density at radius 1 is 1.00 bits per heavy atom. The van der Waals surface area contributed by atoms with E-state index in [4.69, 9.17) is 21.9 Å². The van der Waals surface area contributed by atoms with Crippen molar-refractivity contribution in [2.45, 2.75) is 46.7 Å². The molecule has 0 aliphatic carbocycles. The third-order valence-electron chi connectivity index (χ3n) is 7.39. The van der Waals surface area contributed by atoms with Gasteiger partial charge in [0.25, 0.3) is 0 Å². The van der Waals surface area contributed by atoms with E-state index in [0.717, 1.165) is 39.7 Å². The molecule has 0 unspecified atom stereocenters.